The summed E-state index contributed by atoms with van der Waals surface area (Å²) in [6.45, 7) is 0. The number of hydrogen-bond acceptors (Lipinski definition) is 4. The third kappa shape index (κ3) is 5.75. The second-order valence-electron chi connectivity index (χ2n) is 21.0. The van der Waals surface area contributed by atoms with Gasteiger partial charge in [-0.15, -0.1) is 22.7 Å². The van der Waals surface area contributed by atoms with Gasteiger partial charge in [-0.1, -0.05) is 212 Å². The van der Waals surface area contributed by atoms with E-state index in [-0.39, 0.29) is 0 Å². The first-order valence-electron chi connectivity index (χ1n) is 26.9. The maximum Gasteiger partial charge on any atom is 0.0720 e. The van der Waals surface area contributed by atoms with Crippen LogP contribution in [0.3, 0.4) is 0 Å². The first-order valence-corrected chi connectivity index (χ1v) is 28.5. The van der Waals surface area contributed by atoms with Gasteiger partial charge in [0.2, 0.25) is 0 Å². The molecule has 0 radical (unpaired) electrons. The zero-order valence-electron chi connectivity index (χ0n) is 42.3. The van der Waals surface area contributed by atoms with Gasteiger partial charge in [0.25, 0.3) is 0 Å². The zero-order valence-corrected chi connectivity index (χ0v) is 43.9. The Bertz CT molecular complexity index is 4720. The molecular formula is C74H46N2S2. The number of nitrogens with zero attached hydrogens (tertiary/aromatic N) is 2. The average Bonchev–Trinajstić information content (AvgIpc) is 3.60. The van der Waals surface area contributed by atoms with Gasteiger partial charge in [0, 0.05) is 53.6 Å². The van der Waals surface area contributed by atoms with Crippen molar-refractivity contribution in [3.8, 4) is 22.3 Å². The molecule has 0 saturated heterocycles. The van der Waals surface area contributed by atoms with Crippen LogP contribution < -0.4 is 9.80 Å². The smallest absolute Gasteiger partial charge is 0.0720 e. The molecule has 0 fully saturated rings. The van der Waals surface area contributed by atoms with Crippen molar-refractivity contribution >= 4 is 97.1 Å². The first-order chi connectivity index (χ1) is 38.7. The third-order valence-electron chi connectivity index (χ3n) is 17.3. The molecule has 1 atom stereocenters. The lowest BCUT2D eigenvalue weighted by molar-refractivity contribution is 0.633. The van der Waals surface area contributed by atoms with Gasteiger partial charge in [0.05, 0.1) is 37.3 Å². The Morgan fingerprint density at radius 3 is 1.23 bits per heavy atom. The van der Waals surface area contributed by atoms with Crippen LogP contribution in [0.15, 0.2) is 279 Å². The molecule has 4 heteroatoms. The molecule has 3 aliphatic rings. The molecule has 1 unspecified atom stereocenters. The van der Waals surface area contributed by atoms with E-state index in [1.807, 2.05) is 22.7 Å². The number of benzene rings is 12. The molecule has 364 valence electrons. The summed E-state index contributed by atoms with van der Waals surface area (Å²) in [7, 11) is 0. The standard InChI is InChI=1S/C74H46N2S2/c1-3-22-47(23-4-1)75(66-40-19-31-54-52-28-10-17-42-68(52)77-71(54)66)49-44-45-62-64(46-49)73(57-33-12-7-26-50(57)51-27-8-13-34-58(51)73)60-36-15-16-37-61(60)74(62)59-35-14-9-30-56(59)70-63(74)38-21-39-65(70)76(48-24-5-2-6-25-48)67-41-20-32-55-53-29-11-18-43-69(53)78-72(55)67/h1-46H. The predicted molar refractivity (Wildman–Crippen MR) is 330 cm³/mol. The Morgan fingerprint density at radius 1 is 0.244 bits per heavy atom. The summed E-state index contributed by atoms with van der Waals surface area (Å²) in [5.74, 6) is 0. The quantitative estimate of drug-likeness (QED) is 0.164. The second kappa shape index (κ2) is 16.6. The topological polar surface area (TPSA) is 6.48 Å². The summed E-state index contributed by atoms with van der Waals surface area (Å²) >= 11 is 3.77. The lowest BCUT2D eigenvalue weighted by Gasteiger charge is -2.49. The van der Waals surface area contributed by atoms with Crippen LogP contribution in [0.25, 0.3) is 62.6 Å². The molecule has 2 aromatic heterocycles. The predicted octanol–water partition coefficient (Wildman–Crippen LogP) is 20.4. The van der Waals surface area contributed by atoms with Gasteiger partial charge in [-0.25, -0.2) is 0 Å². The van der Waals surface area contributed by atoms with Gasteiger partial charge in [-0.05, 0) is 128 Å². The van der Waals surface area contributed by atoms with Crippen LogP contribution in [0.5, 0.6) is 0 Å². The largest absolute Gasteiger partial charge is 0.309 e. The first kappa shape index (κ1) is 43.9. The van der Waals surface area contributed by atoms with E-state index >= 15 is 0 Å². The van der Waals surface area contributed by atoms with E-state index in [1.165, 1.54) is 118 Å². The molecule has 0 aliphatic heterocycles. The van der Waals surface area contributed by atoms with Gasteiger partial charge in [0.1, 0.15) is 0 Å². The molecule has 2 heterocycles. The minimum absolute atomic E-state index is 0.658. The molecule has 2 nitrogen and oxygen atoms in total. The van der Waals surface area contributed by atoms with Crippen LogP contribution in [-0.4, -0.2) is 0 Å². The van der Waals surface area contributed by atoms with Crippen molar-refractivity contribution < 1.29 is 0 Å². The second-order valence-corrected chi connectivity index (χ2v) is 23.1. The van der Waals surface area contributed by atoms with Crippen molar-refractivity contribution in [2.45, 2.75) is 10.8 Å². The molecule has 0 amide bonds. The number of thiophene rings is 2. The Labute approximate surface area is 460 Å². The van der Waals surface area contributed by atoms with E-state index in [2.05, 4.69) is 289 Å². The molecule has 2 spiro atoms. The molecule has 14 aromatic rings. The minimum atomic E-state index is -0.709. The molecule has 17 rings (SSSR count). The lowest BCUT2D eigenvalue weighted by atomic mass is 9.52. The molecular weight excluding hydrogens is 981 g/mol. The summed E-state index contributed by atoms with van der Waals surface area (Å²) in [4.78, 5) is 5.06. The van der Waals surface area contributed by atoms with Gasteiger partial charge < -0.3 is 9.80 Å². The van der Waals surface area contributed by atoms with Crippen molar-refractivity contribution in [2.24, 2.45) is 0 Å². The van der Waals surface area contributed by atoms with E-state index in [4.69, 9.17) is 0 Å². The molecule has 3 aliphatic carbocycles. The summed E-state index contributed by atoms with van der Waals surface area (Å²) in [6.07, 6.45) is 0. The van der Waals surface area contributed by atoms with Gasteiger partial charge in [-0.3, -0.25) is 0 Å². The normalized spacial score (nSPS) is 15.1. The monoisotopic (exact) mass is 1030 g/mol. The highest BCUT2D eigenvalue weighted by Crippen LogP contribution is 2.69. The molecule has 78 heavy (non-hydrogen) atoms. The fraction of sp³-hybridized carbons (Fsp3) is 0.0270. The zero-order chi connectivity index (χ0) is 51.1. The van der Waals surface area contributed by atoms with Crippen LogP contribution in [0, 0.1) is 0 Å². The Kier molecular flexibility index (Phi) is 9.33. The highest BCUT2D eigenvalue weighted by molar-refractivity contribution is 7.26. The Hall–Kier alpha value is -9.32. The maximum absolute atomic E-state index is 2.59. The van der Waals surface area contributed by atoms with E-state index in [9.17, 15) is 0 Å². The van der Waals surface area contributed by atoms with Crippen molar-refractivity contribution in [3.63, 3.8) is 0 Å². The fourth-order valence-corrected chi connectivity index (χ4v) is 16.8. The van der Waals surface area contributed by atoms with Crippen molar-refractivity contribution in [3.05, 3.63) is 324 Å². The van der Waals surface area contributed by atoms with Crippen LogP contribution in [0.1, 0.15) is 44.5 Å². The van der Waals surface area contributed by atoms with E-state index < -0.39 is 10.8 Å². The Morgan fingerprint density at radius 2 is 0.641 bits per heavy atom. The van der Waals surface area contributed by atoms with Gasteiger partial charge >= 0.3 is 0 Å². The van der Waals surface area contributed by atoms with Crippen LogP contribution in [0.2, 0.25) is 0 Å². The summed E-state index contributed by atoms with van der Waals surface area (Å²) in [6, 6.07) is 105. The van der Waals surface area contributed by atoms with Crippen LogP contribution in [0.4, 0.5) is 34.1 Å². The summed E-state index contributed by atoms with van der Waals surface area (Å²) in [5.41, 5.74) is 21.0. The lowest BCUT2D eigenvalue weighted by Crippen LogP contribution is -2.44. The molecule has 12 aromatic carbocycles. The van der Waals surface area contributed by atoms with E-state index in [0.717, 1.165) is 22.7 Å². The SMILES string of the molecule is c1ccc(N(c2ccc3c(c2)C2(c4ccccc4-c4ccccc42)c2ccccc2C32c3ccccc3-c3c(N(c4ccccc4)c4cccc5c4sc4ccccc45)cccc32)c2cccc3c2sc2ccccc23)cc1. The fourth-order valence-electron chi connectivity index (χ4n) is 14.4. The Balaban J connectivity index is 0.999. The van der Waals surface area contributed by atoms with Crippen molar-refractivity contribution in [1.29, 1.82) is 0 Å². The van der Waals surface area contributed by atoms with Crippen LogP contribution in [-0.2, 0) is 10.8 Å². The van der Waals surface area contributed by atoms with Gasteiger partial charge in [-0.2, -0.15) is 0 Å². The number of hydrogen-bond donors (Lipinski definition) is 0. The average molecular weight is 1030 g/mol. The summed E-state index contributed by atoms with van der Waals surface area (Å²) in [5, 5.41) is 5.14. The number of anilines is 6. The van der Waals surface area contributed by atoms with E-state index in [1.54, 1.807) is 0 Å². The molecule has 0 bridgehead atoms. The molecule has 0 saturated carbocycles. The van der Waals surface area contributed by atoms with Crippen molar-refractivity contribution in [2.75, 3.05) is 9.80 Å². The van der Waals surface area contributed by atoms with Crippen LogP contribution >= 0.6 is 22.7 Å². The third-order valence-corrected chi connectivity index (χ3v) is 19.7. The highest BCUT2D eigenvalue weighted by Gasteiger charge is 2.59. The number of fused-ring (bicyclic) bond motifs is 22. The minimum Gasteiger partial charge on any atom is -0.309 e. The number of rotatable bonds is 6. The van der Waals surface area contributed by atoms with Gasteiger partial charge in [0.15, 0.2) is 0 Å². The highest BCUT2D eigenvalue weighted by atomic mass is 32.1. The molecule has 0 N–H and O–H groups in total. The van der Waals surface area contributed by atoms with Crippen molar-refractivity contribution in [1.82, 2.24) is 0 Å². The van der Waals surface area contributed by atoms with E-state index in [0.29, 0.717) is 0 Å². The maximum atomic E-state index is 2.59. The summed E-state index contributed by atoms with van der Waals surface area (Å²) < 4.78 is 5.13. The number of para-hydroxylation sites is 2.